The van der Waals surface area contributed by atoms with Gasteiger partial charge in [-0.05, 0) is 67.0 Å². The van der Waals surface area contributed by atoms with Gasteiger partial charge in [0.05, 0.1) is 0 Å². The Labute approximate surface area is 154 Å². The van der Waals surface area contributed by atoms with Crippen LogP contribution >= 0.6 is 11.3 Å². The molecule has 0 N–H and O–H groups in total. The Kier molecular flexibility index (Phi) is 5.10. The maximum atomic E-state index is 6.10. The van der Waals surface area contributed by atoms with E-state index in [2.05, 4.69) is 69.6 Å². The highest BCUT2D eigenvalue weighted by atomic mass is 32.1. The smallest absolute Gasteiger partial charge is 0.121 e. The first-order valence-corrected chi connectivity index (χ1v) is 9.35. The van der Waals surface area contributed by atoms with Crippen LogP contribution < -0.4 is 4.74 Å². The molecule has 2 aromatic carbocycles. The van der Waals surface area contributed by atoms with Crippen molar-refractivity contribution in [2.45, 2.75) is 33.8 Å². The molecule has 25 heavy (non-hydrogen) atoms. The second-order valence-electron chi connectivity index (χ2n) is 6.70. The van der Waals surface area contributed by atoms with Crippen molar-refractivity contribution in [3.05, 3.63) is 82.3 Å². The number of aryl methyl sites for hydroxylation is 2. The number of rotatable bonds is 6. The first-order chi connectivity index (χ1) is 12.0. The van der Waals surface area contributed by atoms with Crippen molar-refractivity contribution in [2.75, 3.05) is 0 Å². The first kappa shape index (κ1) is 17.5. The third kappa shape index (κ3) is 3.85. The van der Waals surface area contributed by atoms with E-state index in [9.17, 15) is 0 Å². The molecular formula is C23H24OS. The van der Waals surface area contributed by atoms with Gasteiger partial charge in [0.25, 0.3) is 0 Å². The minimum Gasteiger partial charge on any atom is -0.489 e. The third-order valence-corrected chi connectivity index (χ3v) is 5.34. The zero-order chi connectivity index (χ0) is 18.0. The van der Waals surface area contributed by atoms with Gasteiger partial charge in [-0.15, -0.1) is 11.3 Å². The maximum Gasteiger partial charge on any atom is 0.121 e. The van der Waals surface area contributed by atoms with E-state index in [0.29, 0.717) is 6.61 Å². The fourth-order valence-corrected chi connectivity index (χ4v) is 4.13. The fourth-order valence-electron chi connectivity index (χ4n) is 3.11. The highest BCUT2D eigenvalue weighted by molar-refractivity contribution is 7.17. The summed E-state index contributed by atoms with van der Waals surface area (Å²) < 4.78 is 7.34. The molecule has 0 fully saturated rings. The van der Waals surface area contributed by atoms with Gasteiger partial charge in [-0.3, -0.25) is 0 Å². The van der Waals surface area contributed by atoms with E-state index in [-0.39, 0.29) is 0 Å². The first-order valence-electron chi connectivity index (χ1n) is 8.48. The molecule has 2 heteroatoms. The molecule has 1 aromatic heterocycles. The van der Waals surface area contributed by atoms with Crippen molar-refractivity contribution in [2.24, 2.45) is 0 Å². The second-order valence-corrected chi connectivity index (χ2v) is 7.61. The quantitative estimate of drug-likeness (QED) is 0.442. The largest absolute Gasteiger partial charge is 0.489 e. The van der Waals surface area contributed by atoms with Gasteiger partial charge in [0.2, 0.25) is 0 Å². The molecule has 0 atom stereocenters. The van der Waals surface area contributed by atoms with Crippen molar-refractivity contribution in [1.82, 2.24) is 0 Å². The lowest BCUT2D eigenvalue weighted by molar-refractivity contribution is 0.306. The van der Waals surface area contributed by atoms with Crippen LogP contribution in [-0.2, 0) is 13.0 Å². The molecule has 0 unspecified atom stereocenters. The summed E-state index contributed by atoms with van der Waals surface area (Å²) in [5.41, 5.74) is 7.39. The van der Waals surface area contributed by atoms with Crippen LogP contribution in [0.15, 0.2) is 54.4 Å². The molecule has 0 amide bonds. The molecule has 0 bridgehead atoms. The van der Waals surface area contributed by atoms with Gasteiger partial charge < -0.3 is 4.74 Å². The number of hydrogen-bond acceptors (Lipinski definition) is 2. The van der Waals surface area contributed by atoms with Crippen LogP contribution in [0.25, 0.3) is 16.2 Å². The fraction of sp³-hybridized carbons (Fsp3) is 0.217. The van der Waals surface area contributed by atoms with E-state index in [1.54, 1.807) is 11.3 Å². The van der Waals surface area contributed by atoms with E-state index in [1.165, 1.54) is 37.9 Å². The number of thiophene rings is 1. The molecule has 0 spiro atoms. The molecule has 128 valence electrons. The summed E-state index contributed by atoms with van der Waals surface area (Å²) in [5.74, 6) is 0.895. The van der Waals surface area contributed by atoms with Crippen molar-refractivity contribution in [1.29, 1.82) is 0 Å². The minimum absolute atomic E-state index is 0.582. The Bertz CT molecular complexity index is 946. The highest BCUT2D eigenvalue weighted by Gasteiger charge is 2.11. The number of allylic oxidation sites excluding steroid dienone is 1. The standard InChI is InChI=1S/C23H24OS/c1-6-18-11-21(24-13-19-8-7-16(4)10-17(19)5)12-22-23(18)20(14-25-22)9-15(2)3/h6-8,10-12,14H,1-2,9,13H2,3-5H3. The van der Waals surface area contributed by atoms with Crippen molar-refractivity contribution >= 4 is 27.5 Å². The SMILES string of the molecule is C=Cc1cc(OCc2ccc(C)cc2C)cc2scc(CC(=C)C)c12. The maximum absolute atomic E-state index is 6.10. The zero-order valence-electron chi connectivity index (χ0n) is 15.2. The van der Waals surface area contributed by atoms with Crippen LogP contribution in [0, 0.1) is 13.8 Å². The summed E-state index contributed by atoms with van der Waals surface area (Å²) in [6.45, 7) is 14.9. The second kappa shape index (κ2) is 7.28. The van der Waals surface area contributed by atoms with Crippen LogP contribution in [0.1, 0.15) is 34.7 Å². The molecule has 0 saturated carbocycles. The van der Waals surface area contributed by atoms with E-state index in [4.69, 9.17) is 4.74 Å². The number of ether oxygens (including phenoxy) is 1. The average Bonchev–Trinajstić information content (AvgIpc) is 2.95. The summed E-state index contributed by atoms with van der Waals surface area (Å²) in [4.78, 5) is 0. The van der Waals surface area contributed by atoms with Gasteiger partial charge in [0.1, 0.15) is 12.4 Å². The molecule has 1 nitrogen and oxygen atoms in total. The van der Waals surface area contributed by atoms with E-state index in [0.717, 1.165) is 17.7 Å². The molecule has 0 aliphatic rings. The Balaban J connectivity index is 1.90. The third-order valence-electron chi connectivity index (χ3n) is 4.36. The number of benzene rings is 2. The van der Waals surface area contributed by atoms with Gasteiger partial charge >= 0.3 is 0 Å². The van der Waals surface area contributed by atoms with Crippen LogP contribution in [0.3, 0.4) is 0 Å². The van der Waals surface area contributed by atoms with Crippen molar-refractivity contribution < 1.29 is 4.74 Å². The van der Waals surface area contributed by atoms with Gasteiger partial charge in [-0.25, -0.2) is 0 Å². The summed E-state index contributed by atoms with van der Waals surface area (Å²) in [6, 6.07) is 10.7. The molecule has 3 aromatic rings. The average molecular weight is 349 g/mol. The van der Waals surface area contributed by atoms with E-state index in [1.807, 2.05) is 6.08 Å². The Morgan fingerprint density at radius 3 is 2.64 bits per heavy atom. The molecule has 1 heterocycles. The van der Waals surface area contributed by atoms with Gasteiger partial charge in [-0.1, -0.05) is 48.6 Å². The molecule has 0 radical (unpaired) electrons. The van der Waals surface area contributed by atoms with Crippen molar-refractivity contribution in [3.8, 4) is 5.75 Å². The Morgan fingerprint density at radius 1 is 1.16 bits per heavy atom. The molecule has 0 aliphatic carbocycles. The summed E-state index contributed by atoms with van der Waals surface area (Å²) in [6.07, 6.45) is 2.82. The summed E-state index contributed by atoms with van der Waals surface area (Å²) >= 11 is 1.76. The van der Waals surface area contributed by atoms with E-state index < -0.39 is 0 Å². The predicted octanol–water partition coefficient (Wildman–Crippen LogP) is 6.86. The lowest BCUT2D eigenvalue weighted by Gasteiger charge is -2.11. The Morgan fingerprint density at radius 2 is 1.96 bits per heavy atom. The lowest BCUT2D eigenvalue weighted by atomic mass is 10.0. The predicted molar refractivity (Wildman–Crippen MR) is 111 cm³/mol. The van der Waals surface area contributed by atoms with Crippen LogP contribution in [-0.4, -0.2) is 0 Å². The molecule has 0 saturated heterocycles. The van der Waals surface area contributed by atoms with Crippen molar-refractivity contribution in [3.63, 3.8) is 0 Å². The Hall–Kier alpha value is -2.32. The highest BCUT2D eigenvalue weighted by Crippen LogP contribution is 2.35. The monoisotopic (exact) mass is 348 g/mol. The molecule has 0 aliphatic heterocycles. The number of fused-ring (bicyclic) bond motifs is 1. The van der Waals surface area contributed by atoms with Gasteiger partial charge in [0.15, 0.2) is 0 Å². The van der Waals surface area contributed by atoms with E-state index >= 15 is 0 Å². The normalized spacial score (nSPS) is 10.8. The van der Waals surface area contributed by atoms with Gasteiger partial charge in [-0.2, -0.15) is 0 Å². The summed E-state index contributed by atoms with van der Waals surface area (Å²) in [5, 5.41) is 3.50. The lowest BCUT2D eigenvalue weighted by Crippen LogP contribution is -1.98. The van der Waals surface area contributed by atoms with Crippen LogP contribution in [0.4, 0.5) is 0 Å². The summed E-state index contributed by atoms with van der Waals surface area (Å²) in [7, 11) is 0. The molecular weight excluding hydrogens is 324 g/mol. The van der Waals surface area contributed by atoms with Crippen LogP contribution in [0.2, 0.25) is 0 Å². The number of hydrogen-bond donors (Lipinski definition) is 0. The minimum atomic E-state index is 0.582. The van der Waals surface area contributed by atoms with Crippen LogP contribution in [0.5, 0.6) is 5.75 Å². The zero-order valence-corrected chi connectivity index (χ0v) is 16.0. The topological polar surface area (TPSA) is 9.23 Å². The van der Waals surface area contributed by atoms with Gasteiger partial charge in [0, 0.05) is 10.1 Å². The molecule has 3 rings (SSSR count).